The van der Waals surface area contributed by atoms with E-state index in [1.807, 2.05) is 7.05 Å². The number of nitrogens with zero attached hydrogens (tertiary/aromatic N) is 1. The Labute approximate surface area is 120 Å². The van der Waals surface area contributed by atoms with Crippen molar-refractivity contribution in [2.75, 3.05) is 14.2 Å². The van der Waals surface area contributed by atoms with E-state index in [-0.39, 0.29) is 17.9 Å². The molecule has 0 radical (unpaired) electrons. The van der Waals surface area contributed by atoms with Gasteiger partial charge >= 0.3 is 5.97 Å². The van der Waals surface area contributed by atoms with Crippen LogP contribution in [0.25, 0.3) is 0 Å². The highest BCUT2D eigenvalue weighted by Crippen LogP contribution is 2.46. The highest BCUT2D eigenvalue weighted by atomic mass is 79.9. The van der Waals surface area contributed by atoms with Crippen LogP contribution in [0.15, 0.2) is 22.7 Å². The normalized spacial score (nSPS) is 29.7. The zero-order valence-electron chi connectivity index (χ0n) is 10.9. The maximum Gasteiger partial charge on any atom is 0.337 e. The van der Waals surface area contributed by atoms with Gasteiger partial charge in [0, 0.05) is 17.4 Å². The summed E-state index contributed by atoms with van der Waals surface area (Å²) in [6, 6.07) is 6.47. The van der Waals surface area contributed by atoms with Gasteiger partial charge in [-0.15, -0.1) is 0 Å². The standard InChI is InChI=1S/C14H16BrNO3/c1-16-12-10(13(19-16)14(17)18-2)6-4-8-3-5-9(15)7-11(8)12/h3,5,7,10,12-13H,4,6H2,1-2H3/t10-,12+,13-/m1/s1. The van der Waals surface area contributed by atoms with Crippen molar-refractivity contribution in [2.45, 2.75) is 25.0 Å². The Morgan fingerprint density at radius 1 is 1.53 bits per heavy atom. The van der Waals surface area contributed by atoms with Crippen molar-refractivity contribution in [2.24, 2.45) is 5.92 Å². The molecule has 1 aromatic rings. The fourth-order valence-electron chi connectivity index (χ4n) is 3.22. The summed E-state index contributed by atoms with van der Waals surface area (Å²) in [5.41, 5.74) is 2.59. The first-order chi connectivity index (χ1) is 9.11. The lowest BCUT2D eigenvalue weighted by Crippen LogP contribution is -2.32. The molecule has 1 aromatic carbocycles. The molecule has 2 aliphatic rings. The number of carbonyl (C=O) groups is 1. The summed E-state index contributed by atoms with van der Waals surface area (Å²) in [7, 11) is 3.29. The lowest BCUT2D eigenvalue weighted by molar-refractivity contribution is -0.180. The van der Waals surface area contributed by atoms with Gasteiger partial charge in [-0.2, -0.15) is 5.06 Å². The van der Waals surface area contributed by atoms with Crippen molar-refractivity contribution in [3.63, 3.8) is 0 Å². The van der Waals surface area contributed by atoms with Gasteiger partial charge in [0.25, 0.3) is 0 Å². The van der Waals surface area contributed by atoms with Crippen molar-refractivity contribution in [1.29, 1.82) is 0 Å². The number of fused-ring (bicyclic) bond motifs is 3. The Bertz CT molecular complexity index is 519. The van der Waals surface area contributed by atoms with E-state index in [4.69, 9.17) is 9.57 Å². The van der Waals surface area contributed by atoms with E-state index in [2.05, 4.69) is 34.1 Å². The minimum atomic E-state index is -0.480. The maximum atomic E-state index is 11.8. The molecule has 1 heterocycles. The number of esters is 1. The number of aryl methyl sites for hydroxylation is 1. The summed E-state index contributed by atoms with van der Waals surface area (Å²) in [4.78, 5) is 17.5. The van der Waals surface area contributed by atoms with Crippen LogP contribution in [0, 0.1) is 5.92 Å². The fraction of sp³-hybridized carbons (Fsp3) is 0.500. The minimum Gasteiger partial charge on any atom is -0.467 e. The predicted octanol–water partition coefficient (Wildman–Crippen LogP) is 2.47. The van der Waals surface area contributed by atoms with E-state index in [1.165, 1.54) is 18.2 Å². The van der Waals surface area contributed by atoms with E-state index in [1.54, 1.807) is 5.06 Å². The van der Waals surface area contributed by atoms with Gasteiger partial charge in [-0.25, -0.2) is 4.79 Å². The quantitative estimate of drug-likeness (QED) is 0.743. The molecule has 0 amide bonds. The Balaban J connectivity index is 1.99. The number of ether oxygens (including phenoxy) is 1. The Morgan fingerprint density at radius 2 is 2.32 bits per heavy atom. The number of hydroxylamine groups is 2. The highest BCUT2D eigenvalue weighted by molar-refractivity contribution is 9.10. The van der Waals surface area contributed by atoms with Gasteiger partial charge in [0.15, 0.2) is 6.10 Å². The summed E-state index contributed by atoms with van der Waals surface area (Å²) < 4.78 is 5.90. The lowest BCUT2D eigenvalue weighted by Gasteiger charge is -2.30. The van der Waals surface area contributed by atoms with E-state index >= 15 is 0 Å². The van der Waals surface area contributed by atoms with Gasteiger partial charge in [0.05, 0.1) is 13.2 Å². The molecule has 1 aliphatic heterocycles. The summed E-state index contributed by atoms with van der Waals surface area (Å²) in [6.45, 7) is 0. The third-order valence-electron chi connectivity index (χ3n) is 4.07. The number of carbonyl (C=O) groups excluding carboxylic acids is 1. The maximum absolute atomic E-state index is 11.8. The highest BCUT2D eigenvalue weighted by Gasteiger charge is 2.48. The van der Waals surface area contributed by atoms with Crippen LogP contribution in [0.2, 0.25) is 0 Å². The van der Waals surface area contributed by atoms with Gasteiger partial charge in [0.2, 0.25) is 0 Å². The molecule has 3 rings (SSSR count). The zero-order chi connectivity index (χ0) is 13.6. The van der Waals surface area contributed by atoms with Gasteiger partial charge in [0.1, 0.15) is 0 Å². The van der Waals surface area contributed by atoms with Crippen LogP contribution >= 0.6 is 15.9 Å². The molecule has 3 atom stereocenters. The molecule has 1 saturated heterocycles. The molecular weight excluding hydrogens is 310 g/mol. The third-order valence-corrected chi connectivity index (χ3v) is 4.57. The average molecular weight is 326 g/mol. The molecule has 5 heteroatoms. The first-order valence-corrected chi connectivity index (χ1v) is 7.17. The second-order valence-corrected chi connectivity index (χ2v) is 6.00. The molecule has 0 saturated carbocycles. The molecule has 0 unspecified atom stereocenters. The minimum absolute atomic E-state index is 0.130. The molecule has 102 valence electrons. The monoisotopic (exact) mass is 325 g/mol. The van der Waals surface area contributed by atoms with Gasteiger partial charge in [-0.1, -0.05) is 22.0 Å². The summed E-state index contributed by atoms with van der Waals surface area (Å²) in [6.07, 6.45) is 1.45. The van der Waals surface area contributed by atoms with E-state index in [0.717, 1.165) is 17.3 Å². The summed E-state index contributed by atoms with van der Waals surface area (Å²) >= 11 is 3.51. The lowest BCUT2D eigenvalue weighted by atomic mass is 9.78. The Hall–Kier alpha value is -0.910. The van der Waals surface area contributed by atoms with Crippen LogP contribution < -0.4 is 0 Å². The average Bonchev–Trinajstić information content (AvgIpc) is 2.75. The van der Waals surface area contributed by atoms with Crippen LogP contribution in [0.3, 0.4) is 0 Å². The number of halogens is 1. The van der Waals surface area contributed by atoms with E-state index in [9.17, 15) is 4.79 Å². The summed E-state index contributed by atoms with van der Waals surface area (Å²) in [5.74, 6) is -0.114. The van der Waals surface area contributed by atoms with E-state index < -0.39 is 6.10 Å². The van der Waals surface area contributed by atoms with E-state index in [0.29, 0.717) is 0 Å². The predicted molar refractivity (Wildman–Crippen MR) is 73.3 cm³/mol. The Kier molecular flexibility index (Phi) is 3.37. The first kappa shape index (κ1) is 13.1. The molecular formula is C14H16BrNO3. The molecule has 4 nitrogen and oxygen atoms in total. The molecule has 1 aliphatic carbocycles. The van der Waals surface area contributed by atoms with Crippen LogP contribution in [0.1, 0.15) is 23.6 Å². The van der Waals surface area contributed by atoms with Crippen LogP contribution in [0.4, 0.5) is 0 Å². The van der Waals surface area contributed by atoms with Crippen molar-refractivity contribution >= 4 is 21.9 Å². The van der Waals surface area contributed by atoms with Crippen molar-refractivity contribution in [3.8, 4) is 0 Å². The second kappa shape index (κ2) is 4.89. The van der Waals surface area contributed by atoms with Gasteiger partial charge in [-0.3, -0.25) is 4.84 Å². The number of rotatable bonds is 1. The van der Waals surface area contributed by atoms with Crippen molar-refractivity contribution in [1.82, 2.24) is 5.06 Å². The number of benzene rings is 1. The number of hydrogen-bond acceptors (Lipinski definition) is 4. The summed E-state index contributed by atoms with van der Waals surface area (Å²) in [5, 5.41) is 1.80. The second-order valence-electron chi connectivity index (χ2n) is 5.09. The molecule has 0 bridgehead atoms. The van der Waals surface area contributed by atoms with Crippen molar-refractivity contribution < 1.29 is 14.4 Å². The van der Waals surface area contributed by atoms with Gasteiger partial charge < -0.3 is 4.74 Å². The molecule has 19 heavy (non-hydrogen) atoms. The largest absolute Gasteiger partial charge is 0.467 e. The van der Waals surface area contributed by atoms with Crippen LogP contribution in [-0.4, -0.2) is 31.3 Å². The first-order valence-electron chi connectivity index (χ1n) is 6.37. The van der Waals surface area contributed by atoms with Crippen LogP contribution in [-0.2, 0) is 20.8 Å². The van der Waals surface area contributed by atoms with Crippen LogP contribution in [0.5, 0.6) is 0 Å². The topological polar surface area (TPSA) is 38.8 Å². The number of hydrogen-bond donors (Lipinski definition) is 0. The third kappa shape index (κ3) is 2.10. The van der Waals surface area contributed by atoms with Gasteiger partial charge in [-0.05, 0) is 36.1 Å². The Morgan fingerprint density at radius 3 is 3.05 bits per heavy atom. The molecule has 0 spiro atoms. The SMILES string of the molecule is COC(=O)[C@@H]1ON(C)[C@@H]2c3cc(Br)ccc3CC[C@H]21. The van der Waals surface area contributed by atoms with Crippen molar-refractivity contribution in [3.05, 3.63) is 33.8 Å². The fourth-order valence-corrected chi connectivity index (χ4v) is 3.60. The molecule has 0 aromatic heterocycles. The smallest absolute Gasteiger partial charge is 0.337 e. The number of methoxy groups -OCH3 is 1. The molecule has 0 N–H and O–H groups in total. The zero-order valence-corrected chi connectivity index (χ0v) is 12.5. The molecule has 1 fully saturated rings.